The van der Waals surface area contributed by atoms with E-state index < -0.39 is 0 Å². The lowest BCUT2D eigenvalue weighted by molar-refractivity contribution is -0.132. The second kappa shape index (κ2) is 10.8. The van der Waals surface area contributed by atoms with Gasteiger partial charge in [0.05, 0.1) is 18.2 Å². The van der Waals surface area contributed by atoms with Gasteiger partial charge < -0.3 is 10.2 Å². The van der Waals surface area contributed by atoms with Gasteiger partial charge in [0.15, 0.2) is 5.13 Å². The fourth-order valence-electron chi connectivity index (χ4n) is 4.48. The molecule has 1 N–H and O–H groups in total. The topological polar surface area (TPSA) is 48.5 Å². The maximum Gasteiger partial charge on any atom is 0.228 e. The first-order valence-corrected chi connectivity index (χ1v) is 12.6. The molecule has 1 aliphatic rings. The first-order valence-electron chi connectivity index (χ1n) is 11.7. The van der Waals surface area contributed by atoms with Crippen LogP contribution < -0.4 is 5.32 Å². The maximum absolute atomic E-state index is 13.1. The number of carbonyl (C=O) groups excluding carboxylic acids is 1. The number of benzene rings is 3. The summed E-state index contributed by atoms with van der Waals surface area (Å²) in [4.78, 5) is 21.9. The Labute approximate surface area is 208 Å². The second-order valence-electron chi connectivity index (χ2n) is 8.59. The highest BCUT2D eigenvalue weighted by molar-refractivity contribution is 7.13. The summed E-state index contributed by atoms with van der Waals surface area (Å²) >= 11 is 1.44. The van der Waals surface area contributed by atoms with E-state index in [4.69, 9.17) is 0 Å². The Morgan fingerprint density at radius 2 is 1.49 bits per heavy atom. The van der Waals surface area contributed by atoms with E-state index in [-0.39, 0.29) is 24.2 Å². The average molecular weight is 487 g/mol. The molecule has 5 nitrogen and oxygen atoms in total. The quantitative estimate of drug-likeness (QED) is 0.375. The Balaban J connectivity index is 1.19. The highest BCUT2D eigenvalue weighted by atomic mass is 32.1. The van der Waals surface area contributed by atoms with Crippen molar-refractivity contribution in [2.45, 2.75) is 12.5 Å². The van der Waals surface area contributed by atoms with Crippen molar-refractivity contribution in [2.75, 3.05) is 31.5 Å². The van der Waals surface area contributed by atoms with Crippen LogP contribution in [-0.2, 0) is 11.2 Å². The summed E-state index contributed by atoms with van der Waals surface area (Å²) in [6.07, 6.45) is 0.280. The van der Waals surface area contributed by atoms with Crippen molar-refractivity contribution in [2.24, 2.45) is 0 Å². The van der Waals surface area contributed by atoms with Crippen LogP contribution in [0.2, 0.25) is 0 Å². The van der Waals surface area contributed by atoms with Gasteiger partial charge in [-0.1, -0.05) is 60.7 Å². The van der Waals surface area contributed by atoms with Crippen LogP contribution in [0.25, 0.3) is 0 Å². The van der Waals surface area contributed by atoms with Gasteiger partial charge >= 0.3 is 0 Å². The van der Waals surface area contributed by atoms with Gasteiger partial charge in [-0.05, 0) is 35.4 Å². The molecule has 1 aliphatic heterocycles. The van der Waals surface area contributed by atoms with Crippen molar-refractivity contribution in [3.63, 3.8) is 0 Å². The summed E-state index contributed by atoms with van der Waals surface area (Å²) in [5.74, 6) is -0.181. The Morgan fingerprint density at radius 3 is 2.09 bits per heavy atom. The van der Waals surface area contributed by atoms with Crippen molar-refractivity contribution < 1.29 is 9.18 Å². The Hall–Kier alpha value is -3.55. The fraction of sp³-hybridized carbons (Fsp3) is 0.214. The van der Waals surface area contributed by atoms with Gasteiger partial charge in [0.1, 0.15) is 5.82 Å². The monoisotopic (exact) mass is 486 g/mol. The van der Waals surface area contributed by atoms with Crippen molar-refractivity contribution in [3.05, 3.63) is 113 Å². The third-order valence-electron chi connectivity index (χ3n) is 6.24. The molecule has 1 aromatic heterocycles. The van der Waals surface area contributed by atoms with Crippen molar-refractivity contribution in [3.8, 4) is 0 Å². The Kier molecular flexibility index (Phi) is 7.16. The lowest BCUT2D eigenvalue weighted by Gasteiger charge is -2.39. The molecule has 2 heterocycles. The molecule has 0 saturated carbocycles. The molecule has 5 rings (SSSR count). The fourth-order valence-corrected chi connectivity index (χ4v) is 5.21. The van der Waals surface area contributed by atoms with Crippen molar-refractivity contribution >= 4 is 28.1 Å². The molecule has 0 bridgehead atoms. The summed E-state index contributed by atoms with van der Waals surface area (Å²) in [5, 5.41) is 5.76. The predicted octanol–water partition coefficient (Wildman–Crippen LogP) is 5.50. The smallest absolute Gasteiger partial charge is 0.228 e. The van der Waals surface area contributed by atoms with E-state index in [2.05, 4.69) is 63.7 Å². The second-order valence-corrected chi connectivity index (χ2v) is 9.45. The Bertz CT molecular complexity index is 1200. The zero-order valence-corrected chi connectivity index (χ0v) is 20.1. The number of nitrogens with one attached hydrogen (secondary N) is 1. The van der Waals surface area contributed by atoms with E-state index in [1.807, 2.05) is 22.4 Å². The standard InChI is InChI=1S/C28H27FN4OS/c29-23-11-13-24(14-12-23)30-28-31-25(20-35-28)19-26(34)32-15-17-33(18-16-32)27(21-7-3-1-4-8-21)22-9-5-2-6-10-22/h1-14,20,27H,15-19H2,(H,30,31). The van der Waals surface area contributed by atoms with E-state index in [1.54, 1.807) is 12.1 Å². The van der Waals surface area contributed by atoms with Crippen molar-refractivity contribution in [1.29, 1.82) is 0 Å². The van der Waals surface area contributed by atoms with Gasteiger partial charge in [0.25, 0.3) is 0 Å². The first kappa shape index (κ1) is 23.2. The third-order valence-corrected chi connectivity index (χ3v) is 7.05. The van der Waals surface area contributed by atoms with Gasteiger partial charge in [-0.15, -0.1) is 11.3 Å². The number of aromatic nitrogens is 1. The first-order chi connectivity index (χ1) is 17.2. The largest absolute Gasteiger partial charge is 0.340 e. The van der Waals surface area contributed by atoms with Crippen LogP contribution in [0.15, 0.2) is 90.3 Å². The number of thiazole rings is 1. The molecule has 0 atom stereocenters. The number of halogens is 1. The lowest BCUT2D eigenvalue weighted by Crippen LogP contribution is -2.50. The van der Waals surface area contributed by atoms with Gasteiger partial charge in [-0.3, -0.25) is 9.69 Å². The van der Waals surface area contributed by atoms with Gasteiger partial charge in [-0.25, -0.2) is 9.37 Å². The average Bonchev–Trinajstić information content (AvgIpc) is 3.34. The van der Waals surface area contributed by atoms with Gasteiger partial charge in [0.2, 0.25) is 5.91 Å². The molecular weight excluding hydrogens is 459 g/mol. The van der Waals surface area contributed by atoms with Crippen molar-refractivity contribution in [1.82, 2.24) is 14.8 Å². The molecular formula is C28H27FN4OS. The number of piperazine rings is 1. The van der Waals surface area contributed by atoms with E-state index in [0.29, 0.717) is 18.2 Å². The summed E-state index contributed by atoms with van der Waals surface area (Å²) in [5.41, 5.74) is 4.05. The number of carbonyl (C=O) groups is 1. The number of hydrogen-bond acceptors (Lipinski definition) is 5. The summed E-state index contributed by atoms with van der Waals surface area (Å²) in [7, 11) is 0. The van der Waals surface area contributed by atoms with E-state index >= 15 is 0 Å². The number of amides is 1. The van der Waals surface area contributed by atoms with E-state index in [1.165, 1.54) is 34.6 Å². The molecule has 1 amide bonds. The highest BCUT2D eigenvalue weighted by Gasteiger charge is 2.28. The molecule has 7 heteroatoms. The summed E-state index contributed by atoms with van der Waals surface area (Å²) in [6.45, 7) is 3.02. The third kappa shape index (κ3) is 5.75. The number of hydrogen-bond donors (Lipinski definition) is 1. The molecule has 0 unspecified atom stereocenters. The number of rotatable bonds is 7. The van der Waals surface area contributed by atoms with E-state index in [0.717, 1.165) is 24.5 Å². The zero-order valence-electron chi connectivity index (χ0n) is 19.3. The van der Waals surface area contributed by atoms with E-state index in [9.17, 15) is 9.18 Å². The molecule has 4 aromatic rings. The summed E-state index contributed by atoms with van der Waals surface area (Å²) in [6, 6.07) is 27.4. The minimum absolute atomic E-state index is 0.0965. The lowest BCUT2D eigenvalue weighted by atomic mass is 9.96. The number of nitrogens with zero attached hydrogens (tertiary/aromatic N) is 3. The van der Waals surface area contributed by atoms with Crippen LogP contribution in [0, 0.1) is 5.82 Å². The zero-order chi connectivity index (χ0) is 24.0. The van der Waals surface area contributed by atoms with Crippen LogP contribution in [0.1, 0.15) is 22.9 Å². The molecule has 35 heavy (non-hydrogen) atoms. The van der Waals surface area contributed by atoms with Gasteiger partial charge in [0, 0.05) is 37.2 Å². The molecule has 0 aliphatic carbocycles. The van der Waals surface area contributed by atoms with Crippen LogP contribution in [0.5, 0.6) is 0 Å². The normalized spacial score (nSPS) is 14.3. The molecule has 178 valence electrons. The minimum Gasteiger partial charge on any atom is -0.340 e. The minimum atomic E-state index is -0.278. The van der Waals surface area contributed by atoms with Crippen LogP contribution >= 0.6 is 11.3 Å². The number of anilines is 2. The van der Waals surface area contributed by atoms with Gasteiger partial charge in [-0.2, -0.15) is 0 Å². The highest BCUT2D eigenvalue weighted by Crippen LogP contribution is 2.29. The van der Waals surface area contributed by atoms with Crippen LogP contribution in [0.3, 0.4) is 0 Å². The molecule has 0 radical (unpaired) electrons. The molecule has 1 saturated heterocycles. The predicted molar refractivity (Wildman–Crippen MR) is 138 cm³/mol. The van der Waals surface area contributed by atoms with Crippen LogP contribution in [0.4, 0.5) is 15.2 Å². The summed E-state index contributed by atoms with van der Waals surface area (Å²) < 4.78 is 13.1. The SMILES string of the molecule is O=C(Cc1csc(Nc2ccc(F)cc2)n1)N1CCN(C(c2ccccc2)c2ccccc2)CC1. The molecule has 0 spiro atoms. The maximum atomic E-state index is 13.1. The molecule has 3 aromatic carbocycles. The Morgan fingerprint density at radius 1 is 0.886 bits per heavy atom. The van der Waals surface area contributed by atoms with Crippen LogP contribution in [-0.4, -0.2) is 46.9 Å². The molecule has 1 fully saturated rings.